The normalized spacial score (nSPS) is 13.3. The highest BCUT2D eigenvalue weighted by molar-refractivity contribution is 5.85. The maximum atomic E-state index is 10.2. The highest BCUT2D eigenvalue weighted by Gasteiger charge is 2.26. The van der Waals surface area contributed by atoms with Gasteiger partial charge in [0.15, 0.2) is 0 Å². The second-order valence-electron chi connectivity index (χ2n) is 6.74. The van der Waals surface area contributed by atoms with E-state index in [1.807, 2.05) is 0 Å². The van der Waals surface area contributed by atoms with Gasteiger partial charge in [0.25, 0.3) is 0 Å². The van der Waals surface area contributed by atoms with Crippen molar-refractivity contribution >= 4 is 11.0 Å². The van der Waals surface area contributed by atoms with Crippen molar-refractivity contribution in [2.24, 2.45) is 0 Å². The van der Waals surface area contributed by atoms with E-state index in [0.29, 0.717) is 27.9 Å². The molecule has 0 spiro atoms. The summed E-state index contributed by atoms with van der Waals surface area (Å²) in [5.41, 5.74) is 0.110. The maximum Gasteiger partial charge on any atom is 0.138 e. The number of aliphatic hydroxyl groups excluding tert-OH is 1. The maximum absolute atomic E-state index is 10.2. The van der Waals surface area contributed by atoms with Crippen LogP contribution in [0.1, 0.15) is 19.4 Å². The minimum atomic E-state index is -1.29. The van der Waals surface area contributed by atoms with Crippen LogP contribution in [0, 0.1) is 0 Å². The molecule has 0 aliphatic carbocycles. The molecule has 1 atom stereocenters. The molecule has 0 saturated heterocycles. The fraction of sp³-hybridized carbons (Fsp3) is 0.263. The first-order valence-corrected chi connectivity index (χ1v) is 7.83. The van der Waals surface area contributed by atoms with Gasteiger partial charge in [0.2, 0.25) is 0 Å². The van der Waals surface area contributed by atoms with Crippen molar-refractivity contribution in [3.05, 3.63) is 42.0 Å². The smallest absolute Gasteiger partial charge is 0.138 e. The highest BCUT2D eigenvalue weighted by atomic mass is 16.3. The van der Waals surface area contributed by atoms with E-state index >= 15 is 0 Å². The van der Waals surface area contributed by atoms with E-state index in [9.17, 15) is 25.5 Å². The highest BCUT2D eigenvalue weighted by Crippen LogP contribution is 2.35. The summed E-state index contributed by atoms with van der Waals surface area (Å²) in [5.74, 6) is 0.191. The van der Waals surface area contributed by atoms with Gasteiger partial charge in [0, 0.05) is 29.5 Å². The molecule has 5 N–H and O–H groups in total. The Morgan fingerprint density at radius 2 is 1.60 bits per heavy atom. The zero-order valence-corrected chi connectivity index (χ0v) is 13.9. The summed E-state index contributed by atoms with van der Waals surface area (Å²) < 4.78 is 5.68. The SMILES string of the molecule is CC(C)(O)[C@H](O)Cc1cc2cc(-c3cc(O)cc(O)c3)oc2cc1O. The van der Waals surface area contributed by atoms with Crippen LogP contribution in [-0.4, -0.2) is 37.2 Å². The predicted molar refractivity (Wildman–Crippen MR) is 92.7 cm³/mol. The standard InChI is InChI=1S/C19H20O6/c1-19(2,24)18(23)7-10-3-11-6-16(25-17(11)9-15(10)22)12-4-13(20)8-14(21)5-12/h3-6,8-9,18,20-24H,7H2,1-2H3/t18-/m1/s1. The number of phenols is 3. The Bertz CT molecular complexity index is 899. The van der Waals surface area contributed by atoms with Gasteiger partial charge < -0.3 is 29.9 Å². The molecule has 0 bridgehead atoms. The fourth-order valence-corrected chi connectivity index (χ4v) is 2.62. The third-order valence-corrected chi connectivity index (χ3v) is 4.13. The molecular weight excluding hydrogens is 324 g/mol. The van der Waals surface area contributed by atoms with Crippen LogP contribution in [0.25, 0.3) is 22.3 Å². The van der Waals surface area contributed by atoms with Crippen molar-refractivity contribution in [2.45, 2.75) is 32.0 Å². The summed E-state index contributed by atoms with van der Waals surface area (Å²) in [6.07, 6.45) is -0.955. The zero-order chi connectivity index (χ0) is 18.4. The lowest BCUT2D eigenvalue weighted by molar-refractivity contribution is -0.0471. The first-order chi connectivity index (χ1) is 11.6. The largest absolute Gasteiger partial charge is 0.508 e. The number of aliphatic hydroxyl groups is 2. The van der Waals surface area contributed by atoms with Crippen LogP contribution in [0.5, 0.6) is 17.2 Å². The Hall–Kier alpha value is -2.70. The van der Waals surface area contributed by atoms with Crippen LogP contribution in [0.3, 0.4) is 0 Å². The number of phenolic OH excluding ortho intramolecular Hbond substituents is 3. The number of rotatable bonds is 4. The first kappa shape index (κ1) is 17.1. The van der Waals surface area contributed by atoms with Crippen molar-refractivity contribution in [3.63, 3.8) is 0 Å². The van der Waals surface area contributed by atoms with Crippen LogP contribution in [-0.2, 0) is 6.42 Å². The lowest BCUT2D eigenvalue weighted by atomic mass is 9.94. The molecule has 0 saturated carbocycles. The monoisotopic (exact) mass is 344 g/mol. The van der Waals surface area contributed by atoms with Crippen LogP contribution in [0.15, 0.2) is 40.8 Å². The predicted octanol–water partition coefficient (Wildman–Crippen LogP) is 2.89. The lowest BCUT2D eigenvalue weighted by Crippen LogP contribution is -2.37. The summed E-state index contributed by atoms with van der Waals surface area (Å²) >= 11 is 0. The van der Waals surface area contributed by atoms with Gasteiger partial charge in [-0.3, -0.25) is 0 Å². The molecule has 0 fully saturated rings. The van der Waals surface area contributed by atoms with E-state index in [0.717, 1.165) is 0 Å². The van der Waals surface area contributed by atoms with Gasteiger partial charge in [-0.15, -0.1) is 0 Å². The number of fused-ring (bicyclic) bond motifs is 1. The van der Waals surface area contributed by atoms with E-state index in [1.54, 1.807) is 12.1 Å². The first-order valence-electron chi connectivity index (χ1n) is 7.83. The minimum Gasteiger partial charge on any atom is -0.508 e. The van der Waals surface area contributed by atoms with Crippen LogP contribution in [0.2, 0.25) is 0 Å². The van der Waals surface area contributed by atoms with Crippen LogP contribution in [0.4, 0.5) is 0 Å². The van der Waals surface area contributed by atoms with E-state index in [4.69, 9.17) is 4.42 Å². The average Bonchev–Trinajstić information content (AvgIpc) is 2.88. The average molecular weight is 344 g/mol. The number of aromatic hydroxyl groups is 3. The minimum absolute atomic E-state index is 0.0459. The van der Waals surface area contributed by atoms with Gasteiger partial charge >= 0.3 is 0 Å². The van der Waals surface area contributed by atoms with Crippen molar-refractivity contribution in [3.8, 4) is 28.6 Å². The molecule has 6 heteroatoms. The fourth-order valence-electron chi connectivity index (χ4n) is 2.62. The van der Waals surface area contributed by atoms with Crippen LogP contribution >= 0.6 is 0 Å². The van der Waals surface area contributed by atoms with Crippen LogP contribution < -0.4 is 0 Å². The molecule has 132 valence electrons. The van der Waals surface area contributed by atoms with Crippen molar-refractivity contribution in [1.29, 1.82) is 0 Å². The van der Waals surface area contributed by atoms with Crippen molar-refractivity contribution in [2.75, 3.05) is 0 Å². The van der Waals surface area contributed by atoms with E-state index in [-0.39, 0.29) is 23.7 Å². The van der Waals surface area contributed by atoms with Crippen molar-refractivity contribution in [1.82, 2.24) is 0 Å². The Morgan fingerprint density at radius 3 is 2.20 bits per heavy atom. The summed E-state index contributed by atoms with van der Waals surface area (Å²) in [5, 5.41) is 49.9. The zero-order valence-electron chi connectivity index (χ0n) is 13.9. The molecule has 0 radical (unpaired) electrons. The second-order valence-corrected chi connectivity index (χ2v) is 6.74. The lowest BCUT2D eigenvalue weighted by Gasteiger charge is -2.24. The molecule has 1 heterocycles. The van der Waals surface area contributed by atoms with E-state index in [2.05, 4.69) is 0 Å². The Morgan fingerprint density at radius 1 is 0.960 bits per heavy atom. The second kappa shape index (κ2) is 5.98. The molecule has 2 aromatic carbocycles. The summed E-state index contributed by atoms with van der Waals surface area (Å²) in [4.78, 5) is 0. The molecule has 3 rings (SSSR count). The number of hydrogen-bond acceptors (Lipinski definition) is 6. The Balaban J connectivity index is 2.01. The summed E-state index contributed by atoms with van der Waals surface area (Å²) in [6, 6.07) is 8.95. The van der Waals surface area contributed by atoms with Gasteiger partial charge in [-0.25, -0.2) is 0 Å². The van der Waals surface area contributed by atoms with Gasteiger partial charge in [0.05, 0.1) is 11.7 Å². The number of benzene rings is 2. The van der Waals surface area contributed by atoms with Gasteiger partial charge in [0.1, 0.15) is 28.6 Å². The third-order valence-electron chi connectivity index (χ3n) is 4.13. The topological polar surface area (TPSA) is 114 Å². The van der Waals surface area contributed by atoms with E-state index < -0.39 is 11.7 Å². The Kier molecular flexibility index (Phi) is 4.10. The number of hydrogen-bond donors (Lipinski definition) is 5. The number of furan rings is 1. The van der Waals surface area contributed by atoms with E-state index in [1.165, 1.54) is 38.1 Å². The Labute approximate surface area is 144 Å². The molecule has 1 aromatic heterocycles. The quantitative estimate of drug-likeness (QED) is 0.497. The summed E-state index contributed by atoms with van der Waals surface area (Å²) in [6.45, 7) is 3.00. The molecule has 0 unspecified atom stereocenters. The molecule has 0 amide bonds. The molecule has 3 aromatic rings. The molecule has 0 aliphatic heterocycles. The van der Waals surface area contributed by atoms with Gasteiger partial charge in [-0.2, -0.15) is 0 Å². The molecule has 25 heavy (non-hydrogen) atoms. The summed E-state index contributed by atoms with van der Waals surface area (Å²) in [7, 11) is 0. The third kappa shape index (κ3) is 3.55. The molecule has 6 nitrogen and oxygen atoms in total. The van der Waals surface area contributed by atoms with Gasteiger partial charge in [-0.05, 0) is 43.7 Å². The molecular formula is C19H20O6. The van der Waals surface area contributed by atoms with Crippen molar-refractivity contribution < 1.29 is 29.9 Å². The van der Waals surface area contributed by atoms with Gasteiger partial charge in [-0.1, -0.05) is 0 Å². The molecule has 0 aliphatic rings.